The van der Waals surface area contributed by atoms with Gasteiger partial charge in [-0.3, -0.25) is 33.7 Å². The van der Waals surface area contributed by atoms with E-state index >= 15 is 19.2 Å². The van der Waals surface area contributed by atoms with Gasteiger partial charge in [0.25, 0.3) is 0 Å². The SMILES string of the molecule is COC[C@H](c1ccccc1)N(CC1(C(=O)N[C@H]2C[C@@H](C(=O)N[C@@H]3CCCc4ccccc43)N(C(=O)C(NC(=O)C(C)N(C)C(=O)O)C(C)(C)C)C2)CC1)C(=O)C1Cc2ccccc2CN1C(=O)C(NC(=O)OCC1c2ccccc2-c2ccccc21)C(C)(C)C. The van der Waals surface area contributed by atoms with E-state index in [1.165, 1.54) is 18.9 Å². The van der Waals surface area contributed by atoms with E-state index in [-0.39, 0.29) is 63.6 Å². The highest BCUT2D eigenvalue weighted by molar-refractivity contribution is 5.96. The summed E-state index contributed by atoms with van der Waals surface area (Å²) in [6, 6.07) is 33.6. The number of alkyl carbamates (subject to hydrolysis) is 1. The first-order valence-electron chi connectivity index (χ1n) is 31.5. The maximum Gasteiger partial charge on any atom is 0.407 e. The molecule has 0 radical (unpaired) electrons. The van der Waals surface area contributed by atoms with Crippen molar-refractivity contribution in [3.05, 3.63) is 166 Å². The van der Waals surface area contributed by atoms with Gasteiger partial charge in [-0.2, -0.15) is 0 Å². The van der Waals surface area contributed by atoms with Crippen LogP contribution in [-0.2, 0) is 57.6 Å². The van der Waals surface area contributed by atoms with Gasteiger partial charge in [0, 0.05) is 52.2 Å². The van der Waals surface area contributed by atoms with Gasteiger partial charge in [0.1, 0.15) is 36.8 Å². The molecule has 3 aliphatic carbocycles. The van der Waals surface area contributed by atoms with Crippen molar-refractivity contribution in [1.82, 2.24) is 40.9 Å². The van der Waals surface area contributed by atoms with Crippen LogP contribution < -0.4 is 21.3 Å². The summed E-state index contributed by atoms with van der Waals surface area (Å²) in [7, 11) is 2.81. The quantitative estimate of drug-likeness (QED) is 0.0524. The van der Waals surface area contributed by atoms with Crippen LogP contribution in [0.2, 0.25) is 0 Å². The zero-order chi connectivity index (χ0) is 64.4. The Hall–Kier alpha value is -8.58. The zero-order valence-electron chi connectivity index (χ0n) is 53.1. The third-order valence-electron chi connectivity index (χ3n) is 19.1. The van der Waals surface area contributed by atoms with E-state index in [4.69, 9.17) is 9.47 Å². The fourth-order valence-electron chi connectivity index (χ4n) is 13.6. The minimum atomic E-state index is -1.32. The van der Waals surface area contributed by atoms with Gasteiger partial charge in [-0.05, 0) is 106 Å². The Morgan fingerprint density at radius 1 is 0.689 bits per heavy atom. The number of aryl methyl sites for hydroxylation is 1. The highest BCUT2D eigenvalue weighted by Crippen LogP contribution is 2.49. The molecule has 5 aliphatic rings. The van der Waals surface area contributed by atoms with E-state index in [1.54, 1.807) is 37.7 Å². The normalized spacial score (nSPS) is 20.3. The summed E-state index contributed by atoms with van der Waals surface area (Å²) in [5, 5.41) is 21.9. The van der Waals surface area contributed by atoms with Gasteiger partial charge in [-0.1, -0.05) is 169 Å². The first-order valence-corrected chi connectivity index (χ1v) is 31.5. The molecule has 8 atom stereocenters. The van der Waals surface area contributed by atoms with Crippen molar-refractivity contribution in [1.29, 1.82) is 0 Å². The smallest absolute Gasteiger partial charge is 0.407 e. The summed E-state index contributed by atoms with van der Waals surface area (Å²) in [5.41, 5.74) is 5.90. The van der Waals surface area contributed by atoms with Gasteiger partial charge in [0.05, 0.1) is 24.1 Å². The van der Waals surface area contributed by atoms with Crippen LogP contribution in [0.4, 0.5) is 9.59 Å². The monoisotopic (exact) mass is 1230 g/mol. The number of hydrogen-bond acceptors (Lipinski definition) is 10. The number of fused-ring (bicyclic) bond motifs is 5. The lowest BCUT2D eigenvalue weighted by atomic mass is 9.84. The summed E-state index contributed by atoms with van der Waals surface area (Å²) >= 11 is 0. The number of ether oxygens (including phenoxy) is 2. The zero-order valence-corrected chi connectivity index (χ0v) is 53.1. The molecule has 5 N–H and O–H groups in total. The van der Waals surface area contributed by atoms with Crippen LogP contribution in [0.5, 0.6) is 0 Å². The predicted octanol–water partition coefficient (Wildman–Crippen LogP) is 8.70. The third-order valence-corrected chi connectivity index (χ3v) is 19.1. The molecule has 4 unspecified atom stereocenters. The number of amides is 8. The number of nitrogens with one attached hydrogen (secondary N) is 4. The van der Waals surface area contributed by atoms with Gasteiger partial charge < -0.3 is 50.5 Å². The highest BCUT2D eigenvalue weighted by Gasteiger charge is 2.56. The Kier molecular flexibility index (Phi) is 18.9. The Balaban J connectivity index is 0.928. The molecule has 2 fully saturated rings. The van der Waals surface area contributed by atoms with Crippen molar-refractivity contribution in [3.63, 3.8) is 0 Å². The largest absolute Gasteiger partial charge is 0.465 e. The molecule has 1 saturated carbocycles. The molecule has 8 amide bonds. The summed E-state index contributed by atoms with van der Waals surface area (Å²) in [6.45, 7) is 12.3. The fraction of sp³-hybridized carbons (Fsp3) is 0.465. The highest BCUT2D eigenvalue weighted by atomic mass is 16.5. The Bertz CT molecular complexity index is 3480. The van der Waals surface area contributed by atoms with Crippen molar-refractivity contribution in [2.75, 3.05) is 40.5 Å². The van der Waals surface area contributed by atoms with Gasteiger partial charge in [0.15, 0.2) is 0 Å². The fourth-order valence-corrected chi connectivity index (χ4v) is 13.6. The van der Waals surface area contributed by atoms with Crippen LogP contribution in [0, 0.1) is 16.2 Å². The number of nitrogens with zero attached hydrogens (tertiary/aromatic N) is 4. The number of carbonyl (C=O) groups is 8. The van der Waals surface area contributed by atoms with E-state index < -0.39 is 100 Å². The van der Waals surface area contributed by atoms with Crippen LogP contribution >= 0.6 is 0 Å². The standard InChI is InChI=1S/C71H86N8O11/c1-43(76(8)68(87)88)61(80)74-59(69(2,3)4)64(83)78-39-48(37-56(78)62(81)73-55-33-21-27-44-22-15-16-28-49(44)55)72-66(85)71(34-35-71)42-79(58(41-89-9)45-23-11-10-12-24-45)63(82)57-36-46-25-13-14-26-47(46)38-77(57)65(84)60(70(5,6)7)75-67(86)90-40-54-52-31-19-17-29-50(52)51-30-18-20-32-53(51)54/h10-20,22-26,28-32,43,48,54-60H,21,27,33-42H2,1-9H3,(H,72,85)(H,73,81)(H,74,80)(H,75,86)(H,87,88)/t43?,48-,55+,56-,57?,58+,59?,60?/m0/s1. The second kappa shape index (κ2) is 26.5. The Morgan fingerprint density at radius 3 is 1.87 bits per heavy atom. The van der Waals surface area contributed by atoms with Gasteiger partial charge in [-0.25, -0.2) is 9.59 Å². The molecule has 5 aromatic carbocycles. The molecule has 5 aromatic rings. The van der Waals surface area contributed by atoms with Crippen molar-refractivity contribution in [3.8, 4) is 11.1 Å². The molecule has 0 aromatic heterocycles. The van der Waals surface area contributed by atoms with Gasteiger partial charge in [-0.15, -0.1) is 0 Å². The molecular formula is C71H86N8O11. The lowest BCUT2D eigenvalue weighted by Crippen LogP contribution is -2.62. The molecule has 1 saturated heterocycles. The lowest BCUT2D eigenvalue weighted by molar-refractivity contribution is -0.153. The van der Waals surface area contributed by atoms with E-state index in [2.05, 4.69) is 33.4 Å². The predicted molar refractivity (Wildman–Crippen MR) is 339 cm³/mol. The van der Waals surface area contributed by atoms with Crippen molar-refractivity contribution in [2.45, 2.75) is 154 Å². The lowest BCUT2D eigenvalue weighted by Gasteiger charge is -2.44. The summed E-state index contributed by atoms with van der Waals surface area (Å²) in [6.07, 6.45) is 1.25. The van der Waals surface area contributed by atoms with Crippen LogP contribution in [0.1, 0.15) is 138 Å². The molecule has 0 spiro atoms. The second-order valence-corrected chi connectivity index (χ2v) is 27.3. The van der Waals surface area contributed by atoms with Crippen LogP contribution in [0.25, 0.3) is 11.1 Å². The minimum absolute atomic E-state index is 0.0309. The van der Waals surface area contributed by atoms with E-state index in [1.807, 2.05) is 136 Å². The molecule has 10 rings (SSSR count). The number of carboxylic acid groups (broad SMARTS) is 1. The van der Waals surface area contributed by atoms with Crippen LogP contribution in [0.3, 0.4) is 0 Å². The molecule has 2 heterocycles. The Morgan fingerprint density at radius 2 is 1.26 bits per heavy atom. The van der Waals surface area contributed by atoms with Crippen LogP contribution in [0.15, 0.2) is 127 Å². The van der Waals surface area contributed by atoms with Gasteiger partial charge in [0.2, 0.25) is 35.4 Å². The van der Waals surface area contributed by atoms with E-state index in [0.29, 0.717) is 19.3 Å². The molecule has 476 valence electrons. The van der Waals surface area contributed by atoms with Crippen molar-refractivity contribution >= 4 is 47.6 Å². The summed E-state index contributed by atoms with van der Waals surface area (Å²) in [5.74, 6) is -3.18. The Labute approximate surface area is 527 Å². The summed E-state index contributed by atoms with van der Waals surface area (Å²) in [4.78, 5) is 123. The number of rotatable bonds is 19. The molecule has 19 nitrogen and oxygen atoms in total. The number of carbonyl (C=O) groups excluding carboxylic acids is 7. The molecule has 2 aliphatic heterocycles. The van der Waals surface area contributed by atoms with Crippen molar-refractivity contribution in [2.24, 2.45) is 16.2 Å². The van der Waals surface area contributed by atoms with Crippen molar-refractivity contribution < 1.29 is 52.9 Å². The number of likely N-dealkylation sites (N-methyl/N-ethyl adjacent to an activating group) is 1. The maximum absolute atomic E-state index is 16.2. The molecule has 90 heavy (non-hydrogen) atoms. The molecular weight excluding hydrogens is 1140 g/mol. The summed E-state index contributed by atoms with van der Waals surface area (Å²) < 4.78 is 11.9. The minimum Gasteiger partial charge on any atom is -0.465 e. The topological polar surface area (TPSA) is 236 Å². The maximum atomic E-state index is 16.2. The third kappa shape index (κ3) is 13.6. The first-order chi connectivity index (χ1) is 42.9. The van der Waals surface area contributed by atoms with Gasteiger partial charge >= 0.3 is 12.2 Å². The number of methoxy groups -OCH3 is 1. The number of benzene rings is 5. The van der Waals surface area contributed by atoms with E-state index in [9.17, 15) is 24.3 Å². The average molecular weight is 1230 g/mol. The number of likely N-dealkylation sites (tertiary alicyclic amines) is 1. The average Bonchev–Trinajstić information content (AvgIpc) is 1.57. The molecule has 0 bridgehead atoms. The first kappa shape index (κ1) is 64.4. The van der Waals surface area contributed by atoms with E-state index in [0.717, 1.165) is 67.8 Å². The number of hydrogen-bond donors (Lipinski definition) is 5. The molecule has 19 heteroatoms. The second-order valence-electron chi connectivity index (χ2n) is 27.3. The van der Waals surface area contributed by atoms with Crippen LogP contribution in [-0.4, -0.2) is 149 Å².